The first-order chi connectivity index (χ1) is 17.0. The van der Waals surface area contributed by atoms with Gasteiger partial charge in [0.2, 0.25) is 21.8 Å². The van der Waals surface area contributed by atoms with E-state index in [-0.39, 0.29) is 34.2 Å². The molecule has 0 aromatic heterocycles. The number of nitrogens with one attached hydrogen (secondary N) is 1. The number of halogens is 3. The summed E-state index contributed by atoms with van der Waals surface area (Å²) in [6, 6.07) is 10.5. The summed E-state index contributed by atoms with van der Waals surface area (Å²) in [5.74, 6) is -0.808. The van der Waals surface area contributed by atoms with Gasteiger partial charge in [0, 0.05) is 17.6 Å². The van der Waals surface area contributed by atoms with Gasteiger partial charge in [0.25, 0.3) is 0 Å². The summed E-state index contributed by atoms with van der Waals surface area (Å²) in [5, 5.41) is 4.03. The normalized spacial score (nSPS) is 15.2. The Labute approximate surface area is 227 Å². The van der Waals surface area contributed by atoms with E-state index in [1.54, 1.807) is 31.2 Å². The molecule has 2 aromatic rings. The fourth-order valence-electron chi connectivity index (χ4n) is 4.19. The highest BCUT2D eigenvalue weighted by Crippen LogP contribution is 2.29. The minimum absolute atomic E-state index is 0.0740. The average Bonchev–Trinajstić information content (AvgIpc) is 2.83. The number of nitrogens with zero attached hydrogens (tertiary/aromatic N) is 2. The predicted octanol–water partition coefficient (Wildman–Crippen LogP) is 5.28. The zero-order chi connectivity index (χ0) is 26.5. The third-order valence-electron chi connectivity index (χ3n) is 6.26. The van der Waals surface area contributed by atoms with Crippen molar-refractivity contribution in [1.82, 2.24) is 10.2 Å². The highest BCUT2D eigenvalue weighted by molar-refractivity contribution is 7.92. The maximum absolute atomic E-state index is 13.6. The van der Waals surface area contributed by atoms with Gasteiger partial charge in [0.15, 0.2) is 0 Å². The van der Waals surface area contributed by atoms with Crippen molar-refractivity contribution in [2.45, 2.75) is 57.7 Å². The second-order valence-electron chi connectivity index (χ2n) is 9.04. The molecule has 1 saturated carbocycles. The lowest BCUT2D eigenvalue weighted by atomic mass is 9.95. The van der Waals surface area contributed by atoms with E-state index in [1.807, 2.05) is 0 Å². The van der Waals surface area contributed by atoms with E-state index >= 15 is 0 Å². The Kier molecular flexibility index (Phi) is 9.92. The van der Waals surface area contributed by atoms with E-state index in [0.717, 1.165) is 48.2 Å². The highest BCUT2D eigenvalue weighted by Gasteiger charge is 2.31. The number of hydrogen-bond donors (Lipinski definition) is 1. The van der Waals surface area contributed by atoms with E-state index in [4.69, 9.17) is 34.8 Å². The summed E-state index contributed by atoms with van der Waals surface area (Å²) >= 11 is 18.1. The van der Waals surface area contributed by atoms with Crippen molar-refractivity contribution in [2.24, 2.45) is 0 Å². The number of anilines is 1. The number of benzene rings is 2. The lowest BCUT2D eigenvalue weighted by Crippen LogP contribution is -2.52. The number of sulfonamides is 1. The van der Waals surface area contributed by atoms with Gasteiger partial charge in [0.1, 0.15) is 12.6 Å². The summed E-state index contributed by atoms with van der Waals surface area (Å²) in [6.07, 6.45) is 6.08. The van der Waals surface area contributed by atoms with Crippen molar-refractivity contribution in [1.29, 1.82) is 0 Å². The lowest BCUT2D eigenvalue weighted by Gasteiger charge is -2.33. The fraction of sp³-hybridized carbons (Fsp3) is 0.440. The molecular weight excluding hydrogens is 545 g/mol. The van der Waals surface area contributed by atoms with Crippen LogP contribution in [0.1, 0.15) is 44.6 Å². The predicted molar refractivity (Wildman–Crippen MR) is 145 cm³/mol. The molecule has 1 N–H and O–H groups in total. The first kappa shape index (κ1) is 28.6. The van der Waals surface area contributed by atoms with Crippen LogP contribution < -0.4 is 9.62 Å². The third-order valence-corrected chi connectivity index (χ3v) is 8.39. The van der Waals surface area contributed by atoms with Gasteiger partial charge < -0.3 is 10.2 Å². The standard InChI is InChI=1S/C25H30Cl3N3O4S/c1-17(25(33)29-20-6-4-3-5-7-20)30(15-18-8-10-19(26)11-9-18)24(32)16-31(36(2,34)35)21-12-13-22(27)23(28)14-21/h8-14,17,20H,3-7,15-16H2,1-2H3,(H,29,33)/t17-/m1/s1. The largest absolute Gasteiger partial charge is 0.352 e. The maximum Gasteiger partial charge on any atom is 0.244 e. The molecule has 0 unspecified atom stereocenters. The van der Waals surface area contributed by atoms with Gasteiger partial charge in [0.05, 0.1) is 22.0 Å². The molecule has 0 radical (unpaired) electrons. The van der Waals surface area contributed by atoms with Crippen LogP contribution in [0.4, 0.5) is 5.69 Å². The van der Waals surface area contributed by atoms with Crippen molar-refractivity contribution in [2.75, 3.05) is 17.1 Å². The molecule has 0 bridgehead atoms. The van der Waals surface area contributed by atoms with Crippen molar-refractivity contribution < 1.29 is 18.0 Å². The SMILES string of the molecule is C[C@H](C(=O)NC1CCCCC1)N(Cc1ccc(Cl)cc1)C(=O)CN(c1ccc(Cl)c(Cl)c1)S(C)(=O)=O. The van der Waals surface area contributed by atoms with Crippen LogP contribution in [-0.2, 0) is 26.2 Å². The van der Waals surface area contributed by atoms with E-state index in [0.29, 0.717) is 5.02 Å². The molecule has 0 heterocycles. The molecule has 1 aliphatic carbocycles. The van der Waals surface area contributed by atoms with Gasteiger partial charge >= 0.3 is 0 Å². The number of carbonyl (C=O) groups excluding carboxylic acids is 2. The molecule has 11 heteroatoms. The zero-order valence-electron chi connectivity index (χ0n) is 20.2. The first-order valence-corrected chi connectivity index (χ1v) is 14.7. The fourth-order valence-corrected chi connectivity index (χ4v) is 5.45. The van der Waals surface area contributed by atoms with Crippen LogP contribution in [0.15, 0.2) is 42.5 Å². The molecule has 0 aliphatic heterocycles. The van der Waals surface area contributed by atoms with Crippen molar-refractivity contribution >= 4 is 62.3 Å². The Morgan fingerprint density at radius 1 is 1.00 bits per heavy atom. The summed E-state index contributed by atoms with van der Waals surface area (Å²) in [5.41, 5.74) is 0.955. The number of carbonyl (C=O) groups is 2. The number of hydrogen-bond acceptors (Lipinski definition) is 4. The Morgan fingerprint density at radius 2 is 1.64 bits per heavy atom. The van der Waals surface area contributed by atoms with Gasteiger partial charge in [-0.15, -0.1) is 0 Å². The van der Waals surface area contributed by atoms with Crippen molar-refractivity contribution in [3.8, 4) is 0 Å². The van der Waals surface area contributed by atoms with Crippen molar-refractivity contribution in [3.63, 3.8) is 0 Å². The van der Waals surface area contributed by atoms with Crippen LogP contribution in [0, 0.1) is 0 Å². The Bertz CT molecular complexity index is 1190. The monoisotopic (exact) mass is 573 g/mol. The number of rotatable bonds is 9. The van der Waals surface area contributed by atoms with Crippen LogP contribution in [0.25, 0.3) is 0 Å². The van der Waals surface area contributed by atoms with E-state index in [2.05, 4.69) is 5.32 Å². The second kappa shape index (κ2) is 12.5. The molecule has 1 aliphatic rings. The van der Waals surface area contributed by atoms with Gasteiger partial charge in [-0.05, 0) is 55.7 Å². The molecule has 1 fully saturated rings. The van der Waals surface area contributed by atoms with Crippen molar-refractivity contribution in [3.05, 3.63) is 63.1 Å². The Balaban J connectivity index is 1.87. The van der Waals surface area contributed by atoms with Crippen LogP contribution in [-0.4, -0.2) is 50.0 Å². The molecule has 196 valence electrons. The third kappa shape index (κ3) is 7.75. The summed E-state index contributed by atoms with van der Waals surface area (Å²) in [4.78, 5) is 28.1. The van der Waals surface area contributed by atoms with Gasteiger partial charge in [-0.25, -0.2) is 8.42 Å². The van der Waals surface area contributed by atoms with E-state index in [1.165, 1.54) is 23.1 Å². The molecular formula is C25H30Cl3N3O4S. The van der Waals surface area contributed by atoms with Gasteiger partial charge in [-0.3, -0.25) is 13.9 Å². The molecule has 1 atom stereocenters. The minimum atomic E-state index is -3.86. The minimum Gasteiger partial charge on any atom is -0.352 e. The Morgan fingerprint density at radius 3 is 2.22 bits per heavy atom. The topological polar surface area (TPSA) is 86.8 Å². The van der Waals surface area contributed by atoms with E-state index in [9.17, 15) is 18.0 Å². The first-order valence-electron chi connectivity index (χ1n) is 11.7. The molecule has 2 aromatic carbocycles. The smallest absolute Gasteiger partial charge is 0.244 e. The van der Waals surface area contributed by atoms with Crippen LogP contribution >= 0.6 is 34.8 Å². The maximum atomic E-state index is 13.6. The molecule has 0 spiro atoms. The summed E-state index contributed by atoms with van der Waals surface area (Å²) < 4.78 is 26.2. The molecule has 0 saturated heterocycles. The quantitative estimate of drug-likeness (QED) is 0.442. The lowest BCUT2D eigenvalue weighted by molar-refractivity contribution is -0.139. The van der Waals surface area contributed by atoms with Crippen LogP contribution in [0.2, 0.25) is 15.1 Å². The van der Waals surface area contributed by atoms with Crippen LogP contribution in [0.5, 0.6) is 0 Å². The zero-order valence-corrected chi connectivity index (χ0v) is 23.3. The molecule has 3 rings (SSSR count). The Hall–Kier alpha value is -2.00. The van der Waals surface area contributed by atoms with Crippen LogP contribution in [0.3, 0.4) is 0 Å². The average molecular weight is 575 g/mol. The molecule has 2 amide bonds. The number of amides is 2. The molecule has 7 nitrogen and oxygen atoms in total. The second-order valence-corrected chi connectivity index (χ2v) is 12.2. The van der Waals surface area contributed by atoms with E-state index < -0.39 is 28.5 Å². The van der Waals surface area contributed by atoms with Gasteiger partial charge in [-0.1, -0.05) is 66.2 Å². The highest BCUT2D eigenvalue weighted by atomic mass is 35.5. The summed E-state index contributed by atoms with van der Waals surface area (Å²) in [6.45, 7) is 1.25. The van der Waals surface area contributed by atoms with Gasteiger partial charge in [-0.2, -0.15) is 0 Å². The molecule has 36 heavy (non-hydrogen) atoms. The summed E-state index contributed by atoms with van der Waals surface area (Å²) in [7, 11) is -3.86.